The molecule has 4 aromatic rings. The van der Waals surface area contributed by atoms with Crippen molar-refractivity contribution in [3.05, 3.63) is 132 Å². The highest BCUT2D eigenvalue weighted by atomic mass is 19.1. The van der Waals surface area contributed by atoms with E-state index in [1.54, 1.807) is 57.2 Å². The second-order valence-corrected chi connectivity index (χ2v) is 11.8. The molecular weight excluding hydrogens is 605 g/mol. The lowest BCUT2D eigenvalue weighted by Gasteiger charge is -2.41. The number of nitrogens with one attached hydrogen (secondary N) is 1. The van der Waals surface area contributed by atoms with Gasteiger partial charge in [-0.15, -0.1) is 0 Å². The summed E-state index contributed by atoms with van der Waals surface area (Å²) in [6, 6.07) is 22.9. The molecule has 1 aliphatic rings. The molecule has 11 heteroatoms. The van der Waals surface area contributed by atoms with Gasteiger partial charge in [0.05, 0.1) is 6.20 Å². The summed E-state index contributed by atoms with van der Waals surface area (Å²) < 4.78 is 37.4. The second kappa shape index (κ2) is 14.2. The van der Waals surface area contributed by atoms with Crippen LogP contribution in [0.1, 0.15) is 43.2 Å². The molecule has 0 spiro atoms. The maximum Gasteiger partial charge on any atom is 0.508 e. The largest absolute Gasteiger partial charge is 0.508 e. The average Bonchev–Trinajstić information content (AvgIpc) is 3.06. The highest BCUT2D eigenvalue weighted by Gasteiger charge is 2.49. The minimum absolute atomic E-state index is 0.0678. The predicted octanol–water partition coefficient (Wildman–Crippen LogP) is 5.91. The van der Waals surface area contributed by atoms with Crippen molar-refractivity contribution in [1.82, 2.24) is 15.3 Å². The van der Waals surface area contributed by atoms with Gasteiger partial charge in [-0.3, -0.25) is 19.6 Å². The van der Waals surface area contributed by atoms with Crippen molar-refractivity contribution in [3.8, 4) is 5.75 Å². The number of halogens is 1. The zero-order valence-electron chi connectivity index (χ0n) is 26.1. The first-order chi connectivity index (χ1) is 22.5. The van der Waals surface area contributed by atoms with E-state index >= 15 is 0 Å². The number of nitrogens with zero attached hydrogens (tertiary/aromatic N) is 2. The quantitative estimate of drug-likeness (QED) is 0.166. The third-order valence-corrected chi connectivity index (χ3v) is 7.14. The van der Waals surface area contributed by atoms with Crippen LogP contribution in [0.5, 0.6) is 5.75 Å². The summed E-state index contributed by atoms with van der Waals surface area (Å²) in [4.78, 5) is 48.5. The van der Waals surface area contributed by atoms with Crippen LogP contribution in [0.4, 0.5) is 9.18 Å². The van der Waals surface area contributed by atoms with Gasteiger partial charge in [-0.2, -0.15) is 0 Å². The first-order valence-electron chi connectivity index (χ1n) is 14.9. The Balaban J connectivity index is 1.59. The van der Waals surface area contributed by atoms with Crippen LogP contribution in [0.15, 0.2) is 104 Å². The number of aromatic nitrogens is 2. The average molecular weight is 640 g/mol. The predicted molar refractivity (Wildman–Crippen MR) is 169 cm³/mol. The molecule has 2 unspecified atom stereocenters. The van der Waals surface area contributed by atoms with Gasteiger partial charge in [0.1, 0.15) is 48.2 Å². The summed E-state index contributed by atoms with van der Waals surface area (Å²) in [6.45, 7) is 4.58. The van der Waals surface area contributed by atoms with Gasteiger partial charge in [-0.25, -0.2) is 9.18 Å². The topological polar surface area (TPSA) is 126 Å². The molecular formula is C36H34FN3O7. The van der Waals surface area contributed by atoms with Gasteiger partial charge in [0, 0.05) is 23.5 Å². The number of benzene rings is 2. The number of carbonyl (C=O) groups is 3. The molecule has 0 radical (unpaired) electrons. The molecule has 1 amide bonds. The normalized spacial score (nSPS) is 17.6. The summed E-state index contributed by atoms with van der Waals surface area (Å²) in [5.74, 6) is -3.42. The summed E-state index contributed by atoms with van der Waals surface area (Å²) in [6.07, 6.45) is 4.18. The Labute approximate surface area is 271 Å². The van der Waals surface area contributed by atoms with Gasteiger partial charge in [0.2, 0.25) is 5.91 Å². The van der Waals surface area contributed by atoms with Crippen LogP contribution in [0.25, 0.3) is 5.57 Å². The smallest absolute Gasteiger partial charge is 0.487 e. The lowest BCUT2D eigenvalue weighted by Crippen LogP contribution is -2.56. The first kappa shape index (κ1) is 32.8. The molecule has 10 nitrogen and oxygen atoms in total. The van der Waals surface area contributed by atoms with Crippen molar-refractivity contribution in [2.75, 3.05) is 6.61 Å². The second-order valence-electron chi connectivity index (χ2n) is 11.8. The maximum atomic E-state index is 14.8. The van der Waals surface area contributed by atoms with E-state index in [9.17, 15) is 18.8 Å². The van der Waals surface area contributed by atoms with Crippen LogP contribution in [-0.2, 0) is 42.6 Å². The number of amides is 1. The molecule has 2 aromatic carbocycles. The highest BCUT2D eigenvalue weighted by molar-refractivity contribution is 6.05. The summed E-state index contributed by atoms with van der Waals surface area (Å²) in [5.41, 5.74) is -0.542. The third kappa shape index (κ3) is 8.18. The van der Waals surface area contributed by atoms with E-state index in [0.717, 1.165) is 23.4 Å². The lowest BCUT2D eigenvalue weighted by atomic mass is 9.76. The van der Waals surface area contributed by atoms with Gasteiger partial charge in [0.15, 0.2) is 5.92 Å². The number of pyridine rings is 2. The van der Waals surface area contributed by atoms with Crippen LogP contribution >= 0.6 is 0 Å². The fourth-order valence-corrected chi connectivity index (χ4v) is 5.00. The van der Waals surface area contributed by atoms with Gasteiger partial charge >= 0.3 is 12.1 Å². The fraction of sp³-hybridized carbons (Fsp3) is 0.250. The van der Waals surface area contributed by atoms with Crippen molar-refractivity contribution >= 4 is 23.6 Å². The zero-order chi connectivity index (χ0) is 33.4. The number of ether oxygens (including phenoxy) is 4. The minimum Gasteiger partial charge on any atom is -0.487 e. The number of carbonyl (C=O) groups excluding carboxylic acids is 3. The van der Waals surface area contributed by atoms with E-state index in [2.05, 4.69) is 15.3 Å². The van der Waals surface area contributed by atoms with E-state index in [0.29, 0.717) is 5.75 Å². The fourth-order valence-electron chi connectivity index (χ4n) is 5.00. The maximum absolute atomic E-state index is 14.8. The lowest BCUT2D eigenvalue weighted by molar-refractivity contribution is -0.161. The zero-order valence-corrected chi connectivity index (χ0v) is 26.1. The molecule has 0 bridgehead atoms. The number of hydrogen-bond donors (Lipinski definition) is 1. The molecule has 242 valence electrons. The molecule has 1 aliphatic heterocycles. The summed E-state index contributed by atoms with van der Waals surface area (Å²) in [5, 5.41) is 2.83. The van der Waals surface area contributed by atoms with Crippen LogP contribution in [0.2, 0.25) is 0 Å². The van der Waals surface area contributed by atoms with Gasteiger partial charge in [-0.05, 0) is 50.1 Å². The van der Waals surface area contributed by atoms with Crippen molar-refractivity contribution in [3.63, 3.8) is 0 Å². The molecule has 0 saturated heterocycles. The van der Waals surface area contributed by atoms with Crippen molar-refractivity contribution in [1.29, 1.82) is 0 Å². The van der Waals surface area contributed by atoms with Crippen LogP contribution in [0, 0.1) is 11.7 Å². The molecule has 2 atom stereocenters. The number of rotatable bonds is 10. The molecule has 3 heterocycles. The Morgan fingerprint density at radius 2 is 1.60 bits per heavy atom. The third-order valence-electron chi connectivity index (χ3n) is 7.14. The molecule has 1 N–H and O–H groups in total. The van der Waals surface area contributed by atoms with Crippen LogP contribution in [0.3, 0.4) is 0 Å². The van der Waals surface area contributed by atoms with Crippen LogP contribution in [-0.4, -0.2) is 40.2 Å². The van der Waals surface area contributed by atoms with E-state index in [4.69, 9.17) is 18.9 Å². The van der Waals surface area contributed by atoms with E-state index in [1.807, 2.05) is 36.4 Å². The Hall–Kier alpha value is -5.58. The minimum atomic E-state index is -1.78. The van der Waals surface area contributed by atoms with E-state index in [-0.39, 0.29) is 30.0 Å². The molecule has 5 rings (SSSR count). The number of hydrogen-bond acceptors (Lipinski definition) is 9. The monoisotopic (exact) mass is 639 g/mol. The Bertz CT molecular complexity index is 1760. The van der Waals surface area contributed by atoms with Crippen LogP contribution < -0.4 is 10.1 Å². The van der Waals surface area contributed by atoms with Gasteiger partial charge in [0.25, 0.3) is 0 Å². The van der Waals surface area contributed by atoms with Crippen molar-refractivity contribution < 1.29 is 37.7 Å². The van der Waals surface area contributed by atoms with Crippen molar-refractivity contribution in [2.24, 2.45) is 5.92 Å². The first-order valence-corrected chi connectivity index (χ1v) is 14.9. The Morgan fingerprint density at radius 3 is 2.26 bits per heavy atom. The van der Waals surface area contributed by atoms with Gasteiger partial charge in [-0.1, -0.05) is 66.7 Å². The molecule has 0 aliphatic carbocycles. The molecule has 2 aromatic heterocycles. The molecule has 0 fully saturated rings. The summed E-state index contributed by atoms with van der Waals surface area (Å²) >= 11 is 0. The Kier molecular flexibility index (Phi) is 9.94. The van der Waals surface area contributed by atoms with E-state index < -0.39 is 47.5 Å². The molecule has 47 heavy (non-hydrogen) atoms. The standard InChI is InChI=1S/C36H34FN3O7/c1-35(2,3)47-33(42)28-18-29(31-30(15-10-16-39-31)44-21-24-11-6-4-7-12-24)36(40-32(28)41,26-17-27(37)20-38-19-26)23-46-34(43)45-22-25-13-8-5-9-14-25/h4-20,28H,21-23H2,1-3H3,(H,40,41). The highest BCUT2D eigenvalue weighted by Crippen LogP contribution is 2.43. The molecule has 0 saturated carbocycles. The van der Waals surface area contributed by atoms with Gasteiger partial charge < -0.3 is 24.3 Å². The van der Waals surface area contributed by atoms with Crippen molar-refractivity contribution in [2.45, 2.75) is 45.1 Å². The Morgan fingerprint density at radius 1 is 0.915 bits per heavy atom. The number of esters is 1. The SMILES string of the molecule is CC(C)(C)OC(=O)C1C=C(c2ncccc2OCc2ccccc2)C(COC(=O)OCc2ccccc2)(c2cncc(F)c2)NC1=O. The van der Waals surface area contributed by atoms with E-state index in [1.165, 1.54) is 18.5 Å². The summed E-state index contributed by atoms with van der Waals surface area (Å²) in [7, 11) is 0.